The molecule has 0 radical (unpaired) electrons. The van der Waals surface area contributed by atoms with Gasteiger partial charge in [0.1, 0.15) is 6.42 Å². The van der Waals surface area contributed by atoms with Gasteiger partial charge in [0, 0.05) is 11.1 Å². The molecule has 0 aliphatic rings. The maximum Gasteiger partial charge on any atom is 0.313 e. The molecule has 0 saturated heterocycles. The Morgan fingerprint density at radius 2 is 1.59 bits per heavy atom. The van der Waals surface area contributed by atoms with Crippen LogP contribution in [-0.4, -0.2) is 24.1 Å². The molecule has 0 bridgehead atoms. The average molecular weight is 234 g/mol. The van der Waals surface area contributed by atoms with Gasteiger partial charge in [0.25, 0.3) is 0 Å². The summed E-state index contributed by atoms with van der Waals surface area (Å²) in [5.41, 5.74) is 0.945. The fourth-order valence-corrected chi connectivity index (χ4v) is 1.34. The quantitative estimate of drug-likeness (QED) is 0.444. The van der Waals surface area contributed by atoms with Crippen LogP contribution in [0.4, 0.5) is 0 Å². The number of Topliss-reactive ketones (excluding diaryl/α,β-unsaturated/α-hetero) is 2. The number of carbonyl (C=O) groups is 3. The van der Waals surface area contributed by atoms with Crippen molar-refractivity contribution in [3.05, 3.63) is 35.4 Å². The fourth-order valence-electron chi connectivity index (χ4n) is 1.34. The molecule has 0 aromatic heterocycles. The third-order valence-corrected chi connectivity index (χ3v) is 2.22. The second-order valence-electron chi connectivity index (χ2n) is 3.54. The highest BCUT2D eigenvalue weighted by atomic mass is 16.5. The van der Waals surface area contributed by atoms with E-state index in [0.29, 0.717) is 11.1 Å². The fraction of sp³-hybridized carbons (Fsp3) is 0.308. The van der Waals surface area contributed by atoms with Gasteiger partial charge in [-0.3, -0.25) is 14.4 Å². The van der Waals surface area contributed by atoms with Gasteiger partial charge in [-0.1, -0.05) is 24.3 Å². The third-order valence-electron chi connectivity index (χ3n) is 2.22. The molecule has 17 heavy (non-hydrogen) atoms. The zero-order valence-electron chi connectivity index (χ0n) is 9.86. The van der Waals surface area contributed by atoms with Crippen LogP contribution < -0.4 is 0 Å². The zero-order chi connectivity index (χ0) is 12.8. The second-order valence-corrected chi connectivity index (χ2v) is 3.54. The van der Waals surface area contributed by atoms with Gasteiger partial charge in [-0.2, -0.15) is 0 Å². The van der Waals surface area contributed by atoms with E-state index in [4.69, 9.17) is 0 Å². The van der Waals surface area contributed by atoms with Gasteiger partial charge >= 0.3 is 5.97 Å². The van der Waals surface area contributed by atoms with Gasteiger partial charge < -0.3 is 4.74 Å². The highest BCUT2D eigenvalue weighted by Crippen LogP contribution is 2.08. The van der Waals surface area contributed by atoms with E-state index >= 15 is 0 Å². The van der Waals surface area contributed by atoms with E-state index in [1.54, 1.807) is 19.1 Å². The van der Waals surface area contributed by atoms with E-state index in [9.17, 15) is 14.4 Å². The van der Waals surface area contributed by atoms with Crippen LogP contribution in [0.3, 0.4) is 0 Å². The summed E-state index contributed by atoms with van der Waals surface area (Å²) in [6, 6.07) is 6.22. The van der Waals surface area contributed by atoms with Crippen molar-refractivity contribution in [1.82, 2.24) is 0 Å². The predicted octanol–water partition coefficient (Wildman–Crippen LogP) is 2.03. The smallest absolute Gasteiger partial charge is 0.313 e. The molecular formula is C13H14O4. The molecule has 90 valence electrons. The molecule has 1 rings (SSSR count). The topological polar surface area (TPSA) is 60.4 Å². The number of ketones is 2. The van der Waals surface area contributed by atoms with Crippen LogP contribution in [0.1, 0.15) is 41.0 Å². The van der Waals surface area contributed by atoms with Crippen LogP contribution in [0.25, 0.3) is 0 Å². The van der Waals surface area contributed by atoms with Gasteiger partial charge in [0.05, 0.1) is 6.61 Å². The summed E-state index contributed by atoms with van der Waals surface area (Å²) in [5, 5.41) is 0. The van der Waals surface area contributed by atoms with Crippen LogP contribution in [0.5, 0.6) is 0 Å². The van der Waals surface area contributed by atoms with Crippen molar-refractivity contribution in [1.29, 1.82) is 0 Å². The molecule has 0 amide bonds. The van der Waals surface area contributed by atoms with E-state index in [2.05, 4.69) is 4.74 Å². The van der Waals surface area contributed by atoms with Crippen molar-refractivity contribution in [3.8, 4) is 0 Å². The Balaban J connectivity index is 2.70. The number of rotatable bonds is 5. The minimum Gasteiger partial charge on any atom is -0.466 e. The molecule has 1 aromatic carbocycles. The number of esters is 1. The number of hydrogen-bond donors (Lipinski definition) is 0. The molecule has 4 nitrogen and oxygen atoms in total. The Bertz CT molecular complexity index is 431. The van der Waals surface area contributed by atoms with Crippen molar-refractivity contribution < 1.29 is 19.1 Å². The Morgan fingerprint density at radius 1 is 1.06 bits per heavy atom. The largest absolute Gasteiger partial charge is 0.466 e. The monoisotopic (exact) mass is 234 g/mol. The zero-order valence-corrected chi connectivity index (χ0v) is 9.86. The first kappa shape index (κ1) is 13.1. The number of hydrogen-bond acceptors (Lipinski definition) is 4. The third kappa shape index (κ3) is 3.83. The van der Waals surface area contributed by atoms with Crippen molar-refractivity contribution in [3.63, 3.8) is 0 Å². The lowest BCUT2D eigenvalue weighted by atomic mass is 10.0. The summed E-state index contributed by atoms with van der Waals surface area (Å²) < 4.78 is 4.68. The van der Waals surface area contributed by atoms with Crippen LogP contribution in [0.15, 0.2) is 24.3 Å². The molecule has 1 aromatic rings. The molecule has 0 aliphatic carbocycles. The van der Waals surface area contributed by atoms with Crippen LogP contribution in [-0.2, 0) is 9.53 Å². The molecule has 0 fully saturated rings. The lowest BCUT2D eigenvalue weighted by Crippen LogP contribution is -2.11. The summed E-state index contributed by atoms with van der Waals surface area (Å²) in [6.07, 6.45) is -0.271. The second kappa shape index (κ2) is 5.94. The molecule has 0 heterocycles. The molecule has 0 atom stereocenters. The van der Waals surface area contributed by atoms with Crippen LogP contribution in [0, 0.1) is 0 Å². The van der Waals surface area contributed by atoms with Gasteiger partial charge in [0.2, 0.25) is 0 Å². The maximum atomic E-state index is 11.6. The molecule has 0 saturated carbocycles. The molecule has 0 N–H and O–H groups in total. The lowest BCUT2D eigenvalue weighted by molar-refractivity contribution is -0.141. The predicted molar refractivity (Wildman–Crippen MR) is 62.0 cm³/mol. The Labute approximate surface area is 99.6 Å². The number of ether oxygens (including phenoxy) is 1. The SMILES string of the molecule is CCOC(=O)CC(=O)c1ccc(C(C)=O)cc1. The molecule has 0 spiro atoms. The van der Waals surface area contributed by atoms with Crippen molar-refractivity contribution >= 4 is 17.5 Å². The molecule has 4 heteroatoms. The molecular weight excluding hydrogens is 220 g/mol. The first-order chi connectivity index (χ1) is 8.04. The Kier molecular flexibility index (Phi) is 4.57. The lowest BCUT2D eigenvalue weighted by Gasteiger charge is -2.02. The highest BCUT2D eigenvalue weighted by Gasteiger charge is 2.12. The Morgan fingerprint density at radius 3 is 2.06 bits per heavy atom. The molecule has 0 aliphatic heterocycles. The minimum absolute atomic E-state index is 0.0607. The Hall–Kier alpha value is -1.97. The first-order valence-electron chi connectivity index (χ1n) is 5.34. The summed E-state index contributed by atoms with van der Waals surface area (Å²) in [6.45, 7) is 3.40. The normalized spacial score (nSPS) is 9.76. The van der Waals surface area contributed by atoms with Gasteiger partial charge in [0.15, 0.2) is 11.6 Å². The van der Waals surface area contributed by atoms with Crippen molar-refractivity contribution in [2.45, 2.75) is 20.3 Å². The summed E-state index contributed by atoms with van der Waals surface area (Å²) >= 11 is 0. The van der Waals surface area contributed by atoms with E-state index in [1.165, 1.54) is 19.1 Å². The summed E-state index contributed by atoms with van der Waals surface area (Å²) in [4.78, 5) is 33.8. The standard InChI is InChI=1S/C13H14O4/c1-3-17-13(16)8-12(15)11-6-4-10(5-7-11)9(2)14/h4-7H,3,8H2,1-2H3. The first-order valence-corrected chi connectivity index (χ1v) is 5.34. The van der Waals surface area contributed by atoms with E-state index in [1.807, 2.05) is 0 Å². The van der Waals surface area contributed by atoms with Crippen LogP contribution in [0.2, 0.25) is 0 Å². The number of carbonyl (C=O) groups excluding carboxylic acids is 3. The van der Waals surface area contributed by atoms with Gasteiger partial charge in [-0.25, -0.2) is 0 Å². The minimum atomic E-state index is -0.534. The highest BCUT2D eigenvalue weighted by molar-refractivity contribution is 6.06. The van der Waals surface area contributed by atoms with Crippen molar-refractivity contribution in [2.75, 3.05) is 6.61 Å². The average Bonchev–Trinajstić information content (AvgIpc) is 2.29. The maximum absolute atomic E-state index is 11.6. The molecule has 0 unspecified atom stereocenters. The van der Waals surface area contributed by atoms with E-state index in [0.717, 1.165) is 0 Å². The summed E-state index contributed by atoms with van der Waals surface area (Å²) in [5.74, 6) is -0.902. The number of benzene rings is 1. The van der Waals surface area contributed by atoms with Gasteiger partial charge in [-0.05, 0) is 13.8 Å². The summed E-state index contributed by atoms with van der Waals surface area (Å²) in [7, 11) is 0. The van der Waals surface area contributed by atoms with E-state index in [-0.39, 0.29) is 24.6 Å². The van der Waals surface area contributed by atoms with Crippen molar-refractivity contribution in [2.24, 2.45) is 0 Å². The van der Waals surface area contributed by atoms with Gasteiger partial charge in [-0.15, -0.1) is 0 Å². The van der Waals surface area contributed by atoms with E-state index < -0.39 is 5.97 Å². The van der Waals surface area contributed by atoms with Crippen LogP contribution >= 0.6 is 0 Å².